The second kappa shape index (κ2) is 3.74. The Morgan fingerprint density at radius 2 is 2.00 bits per heavy atom. The Kier molecular flexibility index (Phi) is 2.44. The third-order valence-corrected chi connectivity index (χ3v) is 2.54. The van der Waals surface area contributed by atoms with Crippen LogP contribution >= 0.6 is 0 Å². The maximum absolute atomic E-state index is 5.38. The molecule has 1 aliphatic rings. The van der Waals surface area contributed by atoms with E-state index in [0.29, 0.717) is 0 Å². The molecule has 2 rings (SSSR count). The van der Waals surface area contributed by atoms with Crippen LogP contribution < -0.4 is 9.47 Å². The Balaban J connectivity index is 2.56. The topological polar surface area (TPSA) is 18.5 Å². The Labute approximate surface area is 84.2 Å². The molecule has 14 heavy (non-hydrogen) atoms. The minimum atomic E-state index is 0.821. The first kappa shape index (κ1) is 9.13. The number of hydrogen-bond donors (Lipinski definition) is 0. The van der Waals surface area contributed by atoms with Crippen LogP contribution in [0.4, 0.5) is 0 Å². The van der Waals surface area contributed by atoms with Gasteiger partial charge in [-0.25, -0.2) is 0 Å². The number of fused-ring (bicyclic) bond motifs is 1. The van der Waals surface area contributed by atoms with Crippen molar-refractivity contribution >= 4 is 6.08 Å². The minimum Gasteiger partial charge on any atom is -0.493 e. The Morgan fingerprint density at radius 3 is 2.71 bits per heavy atom. The average molecular weight is 190 g/mol. The average Bonchev–Trinajstić information content (AvgIpc) is 2.27. The maximum atomic E-state index is 5.38. The van der Waals surface area contributed by atoms with Crippen molar-refractivity contribution in [2.24, 2.45) is 0 Å². The van der Waals surface area contributed by atoms with Crippen molar-refractivity contribution in [2.45, 2.75) is 12.8 Å². The van der Waals surface area contributed by atoms with Gasteiger partial charge < -0.3 is 9.47 Å². The fourth-order valence-corrected chi connectivity index (χ4v) is 1.86. The predicted octanol–water partition coefficient (Wildman–Crippen LogP) is 2.66. The standard InChI is InChI=1S/C12H14O2/c1-13-11-8-7-9-5-3-4-6-10(9)12(11)14-2/h3,5,7-8H,4,6H2,1-2H3. The molecule has 0 unspecified atom stereocenters. The van der Waals surface area contributed by atoms with Gasteiger partial charge in [0, 0.05) is 5.56 Å². The van der Waals surface area contributed by atoms with Gasteiger partial charge in [-0.3, -0.25) is 0 Å². The molecule has 0 saturated carbocycles. The molecule has 0 radical (unpaired) electrons. The van der Waals surface area contributed by atoms with Gasteiger partial charge in [-0.05, 0) is 24.5 Å². The van der Waals surface area contributed by atoms with Gasteiger partial charge in [0.2, 0.25) is 0 Å². The lowest BCUT2D eigenvalue weighted by Gasteiger charge is -2.17. The smallest absolute Gasteiger partial charge is 0.164 e. The lowest BCUT2D eigenvalue weighted by Crippen LogP contribution is -2.00. The van der Waals surface area contributed by atoms with Crippen molar-refractivity contribution in [2.75, 3.05) is 14.2 Å². The molecule has 1 aromatic rings. The van der Waals surface area contributed by atoms with Crippen molar-refractivity contribution in [1.82, 2.24) is 0 Å². The van der Waals surface area contributed by atoms with Gasteiger partial charge in [0.1, 0.15) is 0 Å². The molecule has 0 saturated heterocycles. The van der Waals surface area contributed by atoms with E-state index < -0.39 is 0 Å². The van der Waals surface area contributed by atoms with Crippen LogP contribution in [-0.2, 0) is 6.42 Å². The highest BCUT2D eigenvalue weighted by atomic mass is 16.5. The van der Waals surface area contributed by atoms with Gasteiger partial charge in [-0.2, -0.15) is 0 Å². The number of allylic oxidation sites excluding steroid dienone is 1. The second-order valence-corrected chi connectivity index (χ2v) is 3.31. The molecule has 0 amide bonds. The Morgan fingerprint density at radius 1 is 1.14 bits per heavy atom. The number of rotatable bonds is 2. The summed E-state index contributed by atoms with van der Waals surface area (Å²) >= 11 is 0. The monoisotopic (exact) mass is 190 g/mol. The van der Waals surface area contributed by atoms with Crippen LogP contribution in [0.3, 0.4) is 0 Å². The largest absolute Gasteiger partial charge is 0.493 e. The summed E-state index contributed by atoms with van der Waals surface area (Å²) in [7, 11) is 3.36. The van der Waals surface area contributed by atoms with Gasteiger partial charge in [-0.15, -0.1) is 0 Å². The van der Waals surface area contributed by atoms with Gasteiger partial charge in [0.25, 0.3) is 0 Å². The fourth-order valence-electron chi connectivity index (χ4n) is 1.86. The Bertz CT molecular complexity index is 367. The summed E-state index contributed by atoms with van der Waals surface area (Å²) in [5.74, 6) is 1.70. The summed E-state index contributed by atoms with van der Waals surface area (Å²) in [5, 5.41) is 0. The van der Waals surface area contributed by atoms with E-state index in [2.05, 4.69) is 18.2 Å². The zero-order valence-electron chi connectivity index (χ0n) is 8.54. The highest BCUT2D eigenvalue weighted by Crippen LogP contribution is 2.36. The summed E-state index contributed by atoms with van der Waals surface area (Å²) in [6.45, 7) is 0. The van der Waals surface area contributed by atoms with Crippen molar-refractivity contribution in [3.05, 3.63) is 29.3 Å². The zero-order valence-corrected chi connectivity index (χ0v) is 8.54. The summed E-state index contributed by atoms with van der Waals surface area (Å²) < 4.78 is 10.6. The van der Waals surface area contributed by atoms with E-state index in [1.165, 1.54) is 11.1 Å². The summed E-state index contributed by atoms with van der Waals surface area (Å²) in [6.07, 6.45) is 6.44. The van der Waals surface area contributed by atoms with Crippen LogP contribution in [0.15, 0.2) is 18.2 Å². The van der Waals surface area contributed by atoms with Gasteiger partial charge in [0.05, 0.1) is 14.2 Å². The van der Waals surface area contributed by atoms with Crippen LogP contribution in [0.2, 0.25) is 0 Å². The molecule has 0 fully saturated rings. The normalized spacial score (nSPS) is 13.6. The SMILES string of the molecule is COc1ccc2c(c1OC)CCC=C2. The molecule has 0 aliphatic heterocycles. The van der Waals surface area contributed by atoms with Crippen molar-refractivity contribution in [3.63, 3.8) is 0 Å². The van der Waals surface area contributed by atoms with E-state index in [1.807, 2.05) is 6.07 Å². The minimum absolute atomic E-state index is 0.821. The van der Waals surface area contributed by atoms with Crippen LogP contribution in [0.1, 0.15) is 17.5 Å². The predicted molar refractivity (Wildman–Crippen MR) is 56.9 cm³/mol. The molecule has 0 bridgehead atoms. The molecule has 0 heterocycles. The first-order valence-corrected chi connectivity index (χ1v) is 4.77. The highest BCUT2D eigenvalue weighted by Gasteiger charge is 2.14. The van der Waals surface area contributed by atoms with E-state index >= 15 is 0 Å². The van der Waals surface area contributed by atoms with Crippen LogP contribution in [0.5, 0.6) is 11.5 Å². The molecule has 2 nitrogen and oxygen atoms in total. The van der Waals surface area contributed by atoms with Crippen molar-refractivity contribution < 1.29 is 9.47 Å². The maximum Gasteiger partial charge on any atom is 0.164 e. The Hall–Kier alpha value is -1.44. The molecule has 74 valence electrons. The quantitative estimate of drug-likeness (QED) is 0.713. The van der Waals surface area contributed by atoms with Gasteiger partial charge in [-0.1, -0.05) is 18.2 Å². The lowest BCUT2D eigenvalue weighted by atomic mass is 9.96. The van der Waals surface area contributed by atoms with E-state index in [0.717, 1.165) is 24.3 Å². The third-order valence-electron chi connectivity index (χ3n) is 2.54. The fraction of sp³-hybridized carbons (Fsp3) is 0.333. The number of ether oxygens (including phenoxy) is 2. The first-order valence-electron chi connectivity index (χ1n) is 4.77. The molecule has 0 N–H and O–H groups in total. The lowest BCUT2D eigenvalue weighted by molar-refractivity contribution is 0.351. The van der Waals surface area contributed by atoms with E-state index in [1.54, 1.807) is 14.2 Å². The van der Waals surface area contributed by atoms with Crippen LogP contribution in [-0.4, -0.2) is 14.2 Å². The van der Waals surface area contributed by atoms with Gasteiger partial charge >= 0.3 is 0 Å². The van der Waals surface area contributed by atoms with Crippen LogP contribution in [0.25, 0.3) is 6.08 Å². The van der Waals surface area contributed by atoms with E-state index in [9.17, 15) is 0 Å². The summed E-state index contributed by atoms with van der Waals surface area (Å²) in [5.41, 5.74) is 2.50. The molecular formula is C12H14O2. The number of benzene rings is 1. The molecule has 1 aliphatic carbocycles. The molecule has 1 aromatic carbocycles. The first-order chi connectivity index (χ1) is 6.86. The van der Waals surface area contributed by atoms with Gasteiger partial charge in [0.15, 0.2) is 11.5 Å². The molecule has 0 aromatic heterocycles. The van der Waals surface area contributed by atoms with Crippen LogP contribution in [0, 0.1) is 0 Å². The van der Waals surface area contributed by atoms with Crippen molar-refractivity contribution in [3.8, 4) is 11.5 Å². The molecule has 2 heteroatoms. The summed E-state index contributed by atoms with van der Waals surface area (Å²) in [6, 6.07) is 4.03. The third kappa shape index (κ3) is 1.37. The van der Waals surface area contributed by atoms with Crippen molar-refractivity contribution in [1.29, 1.82) is 0 Å². The zero-order chi connectivity index (χ0) is 9.97. The molecule has 0 atom stereocenters. The molecular weight excluding hydrogens is 176 g/mol. The number of methoxy groups -OCH3 is 2. The molecule has 0 spiro atoms. The second-order valence-electron chi connectivity index (χ2n) is 3.31. The number of hydrogen-bond acceptors (Lipinski definition) is 2. The summed E-state index contributed by atoms with van der Waals surface area (Å²) in [4.78, 5) is 0. The van der Waals surface area contributed by atoms with E-state index in [4.69, 9.17) is 9.47 Å². The van der Waals surface area contributed by atoms with E-state index in [-0.39, 0.29) is 0 Å². The highest BCUT2D eigenvalue weighted by molar-refractivity contribution is 5.64.